The second-order valence-corrected chi connectivity index (χ2v) is 16.3. The molecule has 0 atom stereocenters. The van der Waals surface area contributed by atoms with Gasteiger partial charge in [0.1, 0.15) is 11.2 Å². The summed E-state index contributed by atoms with van der Waals surface area (Å²) >= 11 is 1.87. The van der Waals surface area contributed by atoms with E-state index in [1.807, 2.05) is 11.3 Å². The van der Waals surface area contributed by atoms with Crippen LogP contribution in [0.1, 0.15) is 0 Å². The fourth-order valence-corrected chi connectivity index (χ4v) is 10.4. The summed E-state index contributed by atoms with van der Waals surface area (Å²) in [5.74, 6) is 0. The molecule has 0 radical (unpaired) electrons. The predicted octanol–water partition coefficient (Wildman–Crippen LogP) is 16.7. The number of hydrogen-bond donors (Lipinski definition) is 0. The topological polar surface area (TPSA) is 16.4 Å². The maximum absolute atomic E-state index is 6.74. The smallest absolute Gasteiger partial charge is 0.143 e. The SMILES string of the molecule is c1ccc(-c2cccc3cccc(-c4cccc(N(c5ccc(-c6cccc7c6sc6ccccc67)cc5)c5cccc6oc7c8ccccc8ccc7c56)c4)c23)cc1. The van der Waals surface area contributed by atoms with Gasteiger partial charge in [-0.15, -0.1) is 11.3 Å². The Morgan fingerprint density at radius 2 is 1.02 bits per heavy atom. The minimum absolute atomic E-state index is 0.865. The Morgan fingerprint density at radius 3 is 1.88 bits per heavy atom. The highest BCUT2D eigenvalue weighted by atomic mass is 32.1. The average molecular weight is 770 g/mol. The lowest BCUT2D eigenvalue weighted by Crippen LogP contribution is -2.10. The number of benzene rings is 10. The molecule has 0 aliphatic heterocycles. The first-order valence-electron chi connectivity index (χ1n) is 20.1. The highest BCUT2D eigenvalue weighted by Crippen LogP contribution is 2.47. The van der Waals surface area contributed by atoms with Crippen molar-refractivity contribution < 1.29 is 4.42 Å². The van der Waals surface area contributed by atoms with Gasteiger partial charge in [0, 0.05) is 42.3 Å². The number of rotatable bonds is 6. The van der Waals surface area contributed by atoms with Crippen LogP contribution in [-0.4, -0.2) is 0 Å². The van der Waals surface area contributed by atoms with Crippen molar-refractivity contribution in [2.75, 3.05) is 4.90 Å². The molecular formula is C56H35NOS. The molecule has 0 aliphatic carbocycles. The molecule has 0 N–H and O–H groups in total. The predicted molar refractivity (Wildman–Crippen MR) is 253 cm³/mol. The van der Waals surface area contributed by atoms with E-state index >= 15 is 0 Å². The van der Waals surface area contributed by atoms with Crippen molar-refractivity contribution in [3.63, 3.8) is 0 Å². The molecule has 0 saturated heterocycles. The average Bonchev–Trinajstić information content (AvgIpc) is 3.89. The highest BCUT2D eigenvalue weighted by molar-refractivity contribution is 7.26. The van der Waals surface area contributed by atoms with Crippen molar-refractivity contribution in [3.05, 3.63) is 212 Å². The lowest BCUT2D eigenvalue weighted by Gasteiger charge is -2.27. The summed E-state index contributed by atoms with van der Waals surface area (Å²) in [7, 11) is 0. The van der Waals surface area contributed by atoms with Crippen molar-refractivity contribution in [2.45, 2.75) is 0 Å². The van der Waals surface area contributed by atoms with Gasteiger partial charge in [0.25, 0.3) is 0 Å². The molecule has 0 aliphatic rings. The third-order valence-electron chi connectivity index (χ3n) is 11.9. The van der Waals surface area contributed by atoms with Crippen molar-refractivity contribution in [2.24, 2.45) is 0 Å². The van der Waals surface area contributed by atoms with Crippen LogP contribution in [0.15, 0.2) is 217 Å². The number of fused-ring (bicyclic) bond motifs is 9. The lowest BCUT2D eigenvalue weighted by molar-refractivity contribution is 0.672. The van der Waals surface area contributed by atoms with Gasteiger partial charge in [-0.2, -0.15) is 0 Å². The maximum atomic E-state index is 6.74. The standard InChI is InChI=1S/C56H35NOS/c1-2-13-36(14-3-1)43-22-9-16-39-17-10-23-44(53(39)43)40-18-8-19-42(35-40)57(50-26-12-27-51-54(50)49-34-31-37-15-4-5-20-45(37)55(49)58-51)41-32-29-38(30-33-41)46-24-11-25-48-47-21-6-7-28-52(47)59-56(46)48/h1-35H. The Balaban J connectivity index is 1.07. The van der Waals surface area contributed by atoms with Crippen molar-refractivity contribution >= 4 is 92.1 Å². The molecule has 0 amide bonds. The van der Waals surface area contributed by atoms with Crippen LogP contribution in [0.4, 0.5) is 17.1 Å². The molecule has 0 bridgehead atoms. The van der Waals surface area contributed by atoms with E-state index in [1.54, 1.807) is 0 Å². The second-order valence-electron chi connectivity index (χ2n) is 15.2. The molecule has 0 saturated carbocycles. The van der Waals surface area contributed by atoms with Gasteiger partial charge < -0.3 is 9.32 Å². The van der Waals surface area contributed by atoms with E-state index in [-0.39, 0.29) is 0 Å². The van der Waals surface area contributed by atoms with Crippen LogP contribution < -0.4 is 4.90 Å². The lowest BCUT2D eigenvalue weighted by atomic mass is 9.91. The minimum atomic E-state index is 0.865. The molecular weight excluding hydrogens is 735 g/mol. The largest absolute Gasteiger partial charge is 0.455 e. The van der Waals surface area contributed by atoms with E-state index < -0.39 is 0 Å². The zero-order chi connectivity index (χ0) is 38.9. The van der Waals surface area contributed by atoms with Crippen LogP contribution in [0.3, 0.4) is 0 Å². The fourth-order valence-electron chi connectivity index (χ4n) is 9.17. The van der Waals surface area contributed by atoms with Gasteiger partial charge in [-0.3, -0.25) is 0 Å². The summed E-state index contributed by atoms with van der Waals surface area (Å²) < 4.78 is 9.37. The quantitative estimate of drug-likeness (QED) is 0.167. The summed E-state index contributed by atoms with van der Waals surface area (Å²) in [4.78, 5) is 2.41. The van der Waals surface area contributed by atoms with Crippen LogP contribution >= 0.6 is 11.3 Å². The third-order valence-corrected chi connectivity index (χ3v) is 13.1. The minimum Gasteiger partial charge on any atom is -0.455 e. The first-order valence-corrected chi connectivity index (χ1v) is 20.9. The van der Waals surface area contributed by atoms with E-state index in [0.29, 0.717) is 0 Å². The molecule has 12 rings (SSSR count). The molecule has 2 heterocycles. The summed E-state index contributed by atoms with van der Waals surface area (Å²) in [6, 6.07) is 76.9. The zero-order valence-electron chi connectivity index (χ0n) is 32.0. The number of furan rings is 1. The Bertz CT molecular complexity index is 3550. The van der Waals surface area contributed by atoms with E-state index in [9.17, 15) is 0 Å². The van der Waals surface area contributed by atoms with Crippen LogP contribution in [-0.2, 0) is 0 Å². The van der Waals surface area contributed by atoms with Gasteiger partial charge in [-0.1, -0.05) is 164 Å². The Morgan fingerprint density at radius 1 is 0.373 bits per heavy atom. The van der Waals surface area contributed by atoms with Crippen molar-refractivity contribution in [1.82, 2.24) is 0 Å². The van der Waals surface area contributed by atoms with Crippen LogP contribution in [0.2, 0.25) is 0 Å². The van der Waals surface area contributed by atoms with Gasteiger partial charge in [0.2, 0.25) is 0 Å². The number of nitrogens with zero attached hydrogens (tertiary/aromatic N) is 1. The van der Waals surface area contributed by atoms with E-state index in [2.05, 4.69) is 217 Å². The fraction of sp³-hybridized carbons (Fsp3) is 0. The molecule has 3 heteroatoms. The Kier molecular flexibility index (Phi) is 7.75. The van der Waals surface area contributed by atoms with Crippen LogP contribution in [0.25, 0.3) is 97.0 Å². The van der Waals surface area contributed by atoms with Gasteiger partial charge in [-0.25, -0.2) is 0 Å². The van der Waals surface area contributed by atoms with Gasteiger partial charge >= 0.3 is 0 Å². The molecule has 0 fully saturated rings. The van der Waals surface area contributed by atoms with E-state index in [1.165, 1.54) is 64.1 Å². The zero-order valence-corrected chi connectivity index (χ0v) is 32.8. The third kappa shape index (κ3) is 5.47. The monoisotopic (exact) mass is 769 g/mol. The molecule has 10 aromatic carbocycles. The Labute approximate surface area is 345 Å². The van der Waals surface area contributed by atoms with Crippen molar-refractivity contribution in [3.8, 4) is 33.4 Å². The Hall–Kier alpha value is -7.46. The summed E-state index contributed by atoms with van der Waals surface area (Å²) in [6.07, 6.45) is 0. The number of thiophene rings is 1. The molecule has 12 aromatic rings. The summed E-state index contributed by atoms with van der Waals surface area (Å²) in [5, 5.41) is 9.56. The van der Waals surface area contributed by atoms with Crippen LogP contribution in [0, 0.1) is 0 Å². The normalized spacial score (nSPS) is 11.7. The number of anilines is 3. The molecule has 0 unspecified atom stereocenters. The first kappa shape index (κ1) is 33.7. The second kappa shape index (κ2) is 13.6. The van der Waals surface area contributed by atoms with E-state index in [0.717, 1.165) is 50.0 Å². The number of hydrogen-bond acceptors (Lipinski definition) is 3. The van der Waals surface area contributed by atoms with Gasteiger partial charge in [0.05, 0.1) is 11.1 Å². The molecule has 59 heavy (non-hydrogen) atoms. The van der Waals surface area contributed by atoms with Gasteiger partial charge in [0.15, 0.2) is 0 Å². The van der Waals surface area contributed by atoms with Crippen LogP contribution in [0.5, 0.6) is 0 Å². The molecule has 2 aromatic heterocycles. The summed E-state index contributed by atoms with van der Waals surface area (Å²) in [6.45, 7) is 0. The summed E-state index contributed by atoms with van der Waals surface area (Å²) in [5.41, 5.74) is 12.2. The maximum Gasteiger partial charge on any atom is 0.143 e. The molecule has 276 valence electrons. The van der Waals surface area contributed by atoms with Gasteiger partial charge in [-0.05, 0) is 98.1 Å². The van der Waals surface area contributed by atoms with Crippen molar-refractivity contribution in [1.29, 1.82) is 0 Å². The highest BCUT2D eigenvalue weighted by Gasteiger charge is 2.22. The molecule has 0 spiro atoms. The first-order chi connectivity index (χ1) is 29.3. The molecule has 2 nitrogen and oxygen atoms in total. The van der Waals surface area contributed by atoms with E-state index in [4.69, 9.17) is 4.42 Å².